The summed E-state index contributed by atoms with van der Waals surface area (Å²) in [5.74, 6) is 2.07. The van der Waals surface area contributed by atoms with E-state index in [1.54, 1.807) is 19.3 Å². The molecule has 1 aromatic heterocycles. The van der Waals surface area contributed by atoms with E-state index in [1.165, 1.54) is 0 Å². The van der Waals surface area contributed by atoms with Gasteiger partial charge in [0.25, 0.3) is 0 Å². The molecule has 0 bridgehead atoms. The summed E-state index contributed by atoms with van der Waals surface area (Å²) in [4.78, 5) is 18.4. The average Bonchev–Trinajstić information content (AvgIpc) is 3.12. The fraction of sp³-hybridized carbons (Fsp3) is 0.389. The summed E-state index contributed by atoms with van der Waals surface area (Å²) in [6.45, 7) is 3.24. The number of ether oxygens (including phenoxy) is 1. The number of hydrogen-bond donors (Lipinski definition) is 0. The molecule has 1 atom stereocenters. The summed E-state index contributed by atoms with van der Waals surface area (Å²) >= 11 is 0. The molecule has 0 radical (unpaired) electrons. The number of likely N-dealkylation sites (tertiary alicyclic amines) is 1. The predicted octanol–water partition coefficient (Wildman–Crippen LogP) is 3.03. The van der Waals surface area contributed by atoms with Crippen molar-refractivity contribution < 1.29 is 14.1 Å². The number of hydrogen-bond acceptors (Lipinski definition) is 5. The summed E-state index contributed by atoms with van der Waals surface area (Å²) < 4.78 is 10.6. The molecule has 0 aliphatic carbocycles. The third kappa shape index (κ3) is 3.48. The lowest BCUT2D eigenvalue weighted by molar-refractivity contribution is -0.127. The van der Waals surface area contributed by atoms with Crippen molar-refractivity contribution >= 4 is 5.91 Å². The number of allylic oxidation sites excluding steroid dienone is 1. The second kappa shape index (κ2) is 7.29. The van der Waals surface area contributed by atoms with Gasteiger partial charge >= 0.3 is 0 Å². The largest absolute Gasteiger partial charge is 0.497 e. The van der Waals surface area contributed by atoms with Crippen LogP contribution in [-0.4, -0.2) is 41.1 Å². The maximum atomic E-state index is 12.0. The van der Waals surface area contributed by atoms with E-state index >= 15 is 0 Å². The lowest BCUT2D eigenvalue weighted by Gasteiger charge is -2.30. The SMILES string of the molecule is C/C=C/C(=O)N1CCC[C@@H](c2nc(-c3ccc(OC)cc3)no2)C1. The van der Waals surface area contributed by atoms with E-state index in [-0.39, 0.29) is 11.8 Å². The minimum absolute atomic E-state index is 0.0390. The number of amides is 1. The molecule has 1 amide bonds. The van der Waals surface area contributed by atoms with Gasteiger partial charge in [0.15, 0.2) is 0 Å². The van der Waals surface area contributed by atoms with Gasteiger partial charge in [-0.3, -0.25) is 4.79 Å². The Labute approximate surface area is 141 Å². The van der Waals surface area contributed by atoms with Crippen molar-refractivity contribution in [1.29, 1.82) is 0 Å². The molecule has 0 unspecified atom stereocenters. The third-order valence-electron chi connectivity index (χ3n) is 4.18. The van der Waals surface area contributed by atoms with Gasteiger partial charge in [-0.2, -0.15) is 4.98 Å². The molecule has 126 valence electrons. The Hall–Kier alpha value is -2.63. The van der Waals surface area contributed by atoms with E-state index in [4.69, 9.17) is 9.26 Å². The quantitative estimate of drug-likeness (QED) is 0.807. The number of rotatable bonds is 4. The highest BCUT2D eigenvalue weighted by Gasteiger charge is 2.27. The van der Waals surface area contributed by atoms with Crippen molar-refractivity contribution in [2.24, 2.45) is 0 Å². The summed E-state index contributed by atoms with van der Waals surface area (Å²) in [6, 6.07) is 7.53. The number of piperidine rings is 1. The molecule has 1 saturated heterocycles. The van der Waals surface area contributed by atoms with Crippen molar-refractivity contribution in [1.82, 2.24) is 15.0 Å². The number of aromatic nitrogens is 2. The number of carbonyl (C=O) groups is 1. The van der Waals surface area contributed by atoms with Crippen LogP contribution in [0.1, 0.15) is 31.6 Å². The highest BCUT2D eigenvalue weighted by molar-refractivity contribution is 5.87. The molecule has 0 spiro atoms. The Bertz CT molecular complexity index is 721. The van der Waals surface area contributed by atoms with Gasteiger partial charge in [0.2, 0.25) is 17.6 Å². The molecule has 6 nitrogen and oxygen atoms in total. The van der Waals surface area contributed by atoms with Crippen LogP contribution in [0.15, 0.2) is 40.9 Å². The Morgan fingerprint density at radius 3 is 2.88 bits per heavy atom. The molecule has 1 aliphatic heterocycles. The molecule has 1 fully saturated rings. The number of benzene rings is 1. The molecule has 1 aromatic carbocycles. The van der Waals surface area contributed by atoms with Crippen molar-refractivity contribution in [2.45, 2.75) is 25.7 Å². The smallest absolute Gasteiger partial charge is 0.246 e. The minimum Gasteiger partial charge on any atom is -0.497 e. The first kappa shape index (κ1) is 16.2. The Morgan fingerprint density at radius 1 is 1.38 bits per heavy atom. The lowest BCUT2D eigenvalue weighted by Crippen LogP contribution is -2.38. The summed E-state index contributed by atoms with van der Waals surface area (Å²) in [5, 5.41) is 4.08. The molecule has 2 aromatic rings. The zero-order chi connectivity index (χ0) is 16.9. The van der Waals surface area contributed by atoms with Gasteiger partial charge in [-0.05, 0) is 50.1 Å². The minimum atomic E-state index is 0.0390. The maximum absolute atomic E-state index is 12.0. The van der Waals surface area contributed by atoms with Gasteiger partial charge in [-0.25, -0.2) is 0 Å². The van der Waals surface area contributed by atoms with Crippen LogP contribution >= 0.6 is 0 Å². The average molecular weight is 327 g/mol. The topological polar surface area (TPSA) is 68.5 Å². The molecular weight excluding hydrogens is 306 g/mol. The van der Waals surface area contributed by atoms with Crippen LogP contribution in [0, 0.1) is 0 Å². The molecule has 0 N–H and O–H groups in total. The van der Waals surface area contributed by atoms with E-state index in [0.717, 1.165) is 30.7 Å². The van der Waals surface area contributed by atoms with Crippen molar-refractivity contribution in [2.75, 3.05) is 20.2 Å². The Kier molecular flexibility index (Phi) is 4.93. The van der Waals surface area contributed by atoms with E-state index < -0.39 is 0 Å². The Balaban J connectivity index is 1.73. The van der Waals surface area contributed by atoms with Crippen molar-refractivity contribution in [3.05, 3.63) is 42.3 Å². The second-order valence-electron chi connectivity index (χ2n) is 5.81. The van der Waals surface area contributed by atoms with Crippen LogP contribution in [0.2, 0.25) is 0 Å². The van der Waals surface area contributed by atoms with Crippen molar-refractivity contribution in [3.8, 4) is 17.1 Å². The van der Waals surface area contributed by atoms with Crippen LogP contribution in [0.5, 0.6) is 5.75 Å². The second-order valence-corrected chi connectivity index (χ2v) is 5.81. The highest BCUT2D eigenvalue weighted by Crippen LogP contribution is 2.28. The molecular formula is C18H21N3O3. The standard InChI is InChI=1S/C18H21N3O3/c1-3-5-16(22)21-11-4-6-14(12-21)18-19-17(20-24-18)13-7-9-15(23-2)10-8-13/h3,5,7-10,14H,4,6,11-12H2,1-2H3/b5-3+/t14-/m1/s1. The monoisotopic (exact) mass is 327 g/mol. The number of methoxy groups -OCH3 is 1. The predicted molar refractivity (Wildman–Crippen MR) is 89.7 cm³/mol. The van der Waals surface area contributed by atoms with E-state index in [0.29, 0.717) is 18.3 Å². The first-order chi connectivity index (χ1) is 11.7. The summed E-state index contributed by atoms with van der Waals surface area (Å²) in [6.07, 6.45) is 5.25. The summed E-state index contributed by atoms with van der Waals surface area (Å²) in [5.41, 5.74) is 0.878. The highest BCUT2D eigenvalue weighted by atomic mass is 16.5. The lowest BCUT2D eigenvalue weighted by atomic mass is 9.98. The fourth-order valence-corrected chi connectivity index (χ4v) is 2.89. The molecule has 2 heterocycles. The first-order valence-corrected chi connectivity index (χ1v) is 8.11. The molecule has 24 heavy (non-hydrogen) atoms. The third-order valence-corrected chi connectivity index (χ3v) is 4.18. The molecule has 6 heteroatoms. The van der Waals surface area contributed by atoms with Crippen LogP contribution < -0.4 is 4.74 Å². The fourth-order valence-electron chi connectivity index (χ4n) is 2.89. The van der Waals surface area contributed by atoms with Crippen LogP contribution in [-0.2, 0) is 4.79 Å². The van der Waals surface area contributed by atoms with Gasteiger partial charge in [0, 0.05) is 18.7 Å². The number of nitrogens with zero attached hydrogens (tertiary/aromatic N) is 3. The van der Waals surface area contributed by atoms with Crippen LogP contribution in [0.4, 0.5) is 0 Å². The zero-order valence-electron chi connectivity index (χ0n) is 13.9. The van der Waals surface area contributed by atoms with E-state index in [1.807, 2.05) is 36.1 Å². The van der Waals surface area contributed by atoms with Gasteiger partial charge in [-0.15, -0.1) is 0 Å². The normalized spacial score (nSPS) is 18.1. The molecule has 3 rings (SSSR count). The zero-order valence-corrected chi connectivity index (χ0v) is 13.9. The number of carbonyl (C=O) groups excluding carboxylic acids is 1. The maximum Gasteiger partial charge on any atom is 0.246 e. The first-order valence-electron chi connectivity index (χ1n) is 8.11. The van der Waals surface area contributed by atoms with Crippen LogP contribution in [0.25, 0.3) is 11.4 Å². The molecule has 0 saturated carbocycles. The molecule has 1 aliphatic rings. The van der Waals surface area contributed by atoms with Crippen LogP contribution in [0.3, 0.4) is 0 Å². The van der Waals surface area contributed by atoms with Gasteiger partial charge < -0.3 is 14.2 Å². The summed E-state index contributed by atoms with van der Waals surface area (Å²) in [7, 11) is 1.63. The van der Waals surface area contributed by atoms with Gasteiger partial charge in [0.05, 0.1) is 13.0 Å². The van der Waals surface area contributed by atoms with Crippen molar-refractivity contribution in [3.63, 3.8) is 0 Å². The van der Waals surface area contributed by atoms with Gasteiger partial charge in [0.1, 0.15) is 5.75 Å². The Morgan fingerprint density at radius 2 is 2.17 bits per heavy atom. The van der Waals surface area contributed by atoms with E-state index in [9.17, 15) is 4.79 Å². The van der Waals surface area contributed by atoms with Gasteiger partial charge in [-0.1, -0.05) is 11.2 Å². The van der Waals surface area contributed by atoms with E-state index in [2.05, 4.69) is 10.1 Å².